The lowest BCUT2D eigenvalue weighted by Gasteiger charge is -2.05. The van der Waals surface area contributed by atoms with Gasteiger partial charge in [0.1, 0.15) is 0 Å². The molecule has 1 rings (SSSR count). The largest absolute Gasteiger partial charge is 0.351 e. The number of benzene rings is 1. The van der Waals surface area contributed by atoms with Crippen LogP contribution in [0.2, 0.25) is 0 Å². The molecule has 0 heterocycles. The lowest BCUT2D eigenvalue weighted by Crippen LogP contribution is -2.31. The van der Waals surface area contributed by atoms with Gasteiger partial charge in [-0.25, -0.2) is 0 Å². The minimum absolute atomic E-state index is 0.121. The smallest absolute Gasteiger partial charge is 0.243 e. The number of rotatable bonds is 7. The first kappa shape index (κ1) is 12.5. The molecular formula is C13H18N2O. The average Bonchev–Trinajstić information content (AvgIpc) is 2.34. The second kappa shape index (κ2) is 7.65. The molecule has 1 amide bonds. The third-order valence-electron chi connectivity index (χ3n) is 2.22. The van der Waals surface area contributed by atoms with E-state index in [1.807, 2.05) is 18.2 Å². The number of amides is 1. The van der Waals surface area contributed by atoms with Gasteiger partial charge in [-0.05, 0) is 24.6 Å². The molecule has 0 aliphatic heterocycles. The quantitative estimate of drug-likeness (QED) is 0.532. The molecule has 3 nitrogen and oxygen atoms in total. The Morgan fingerprint density at radius 3 is 2.62 bits per heavy atom. The first-order valence-electron chi connectivity index (χ1n) is 5.48. The summed E-state index contributed by atoms with van der Waals surface area (Å²) in [7, 11) is 0. The second-order valence-corrected chi connectivity index (χ2v) is 3.48. The minimum atomic E-state index is -0.121. The Kier molecular flexibility index (Phi) is 5.96. The van der Waals surface area contributed by atoms with E-state index in [0.717, 1.165) is 19.5 Å². The molecule has 0 unspecified atom stereocenters. The van der Waals surface area contributed by atoms with Crippen LogP contribution in [0, 0.1) is 0 Å². The summed E-state index contributed by atoms with van der Waals surface area (Å²) >= 11 is 0. The fourth-order valence-corrected chi connectivity index (χ4v) is 1.35. The molecule has 1 aromatic rings. The Balaban J connectivity index is 2.00. The van der Waals surface area contributed by atoms with Gasteiger partial charge in [-0.2, -0.15) is 0 Å². The molecule has 0 spiro atoms. The van der Waals surface area contributed by atoms with Crippen molar-refractivity contribution >= 4 is 5.91 Å². The number of hydrogen-bond acceptors (Lipinski definition) is 2. The molecule has 86 valence electrons. The van der Waals surface area contributed by atoms with Gasteiger partial charge in [-0.1, -0.05) is 36.9 Å². The Bertz CT molecular complexity index is 322. The molecule has 0 fully saturated rings. The molecule has 0 saturated heterocycles. The Labute approximate surface area is 96.6 Å². The lowest BCUT2D eigenvalue weighted by atomic mass is 10.1. The van der Waals surface area contributed by atoms with Gasteiger partial charge in [-0.15, -0.1) is 0 Å². The summed E-state index contributed by atoms with van der Waals surface area (Å²) in [6, 6.07) is 10.3. The zero-order valence-electron chi connectivity index (χ0n) is 9.41. The average molecular weight is 218 g/mol. The molecule has 0 bridgehead atoms. The zero-order chi connectivity index (χ0) is 11.6. The summed E-state index contributed by atoms with van der Waals surface area (Å²) in [6.45, 7) is 5.73. The summed E-state index contributed by atoms with van der Waals surface area (Å²) in [5.74, 6) is -0.121. The monoisotopic (exact) mass is 218 g/mol. The predicted molar refractivity (Wildman–Crippen MR) is 66.2 cm³/mol. The predicted octanol–water partition coefficient (Wildman–Crippen LogP) is 1.12. The maximum Gasteiger partial charge on any atom is 0.243 e. The van der Waals surface area contributed by atoms with E-state index in [9.17, 15) is 4.79 Å². The zero-order valence-corrected chi connectivity index (χ0v) is 9.41. The van der Waals surface area contributed by atoms with E-state index in [0.29, 0.717) is 6.54 Å². The first-order valence-corrected chi connectivity index (χ1v) is 5.48. The van der Waals surface area contributed by atoms with E-state index in [1.165, 1.54) is 11.6 Å². The molecule has 2 N–H and O–H groups in total. The van der Waals surface area contributed by atoms with Gasteiger partial charge in [0.05, 0.1) is 0 Å². The molecule has 1 aromatic carbocycles. The van der Waals surface area contributed by atoms with Gasteiger partial charge in [0.25, 0.3) is 0 Å². The van der Waals surface area contributed by atoms with E-state index in [4.69, 9.17) is 0 Å². The highest BCUT2D eigenvalue weighted by molar-refractivity contribution is 5.86. The third kappa shape index (κ3) is 5.32. The normalized spacial score (nSPS) is 9.75. The van der Waals surface area contributed by atoms with E-state index in [-0.39, 0.29) is 5.91 Å². The van der Waals surface area contributed by atoms with Crippen molar-refractivity contribution in [2.75, 3.05) is 19.6 Å². The van der Waals surface area contributed by atoms with Crippen molar-refractivity contribution in [3.8, 4) is 0 Å². The molecule has 0 aromatic heterocycles. The highest BCUT2D eigenvalue weighted by atomic mass is 16.1. The Morgan fingerprint density at radius 1 is 1.19 bits per heavy atom. The van der Waals surface area contributed by atoms with Crippen LogP contribution in [0.1, 0.15) is 5.56 Å². The number of hydrogen-bond donors (Lipinski definition) is 2. The molecular weight excluding hydrogens is 200 g/mol. The summed E-state index contributed by atoms with van der Waals surface area (Å²) in [5.41, 5.74) is 1.32. The molecule has 3 heteroatoms. The lowest BCUT2D eigenvalue weighted by molar-refractivity contribution is -0.116. The van der Waals surface area contributed by atoms with Crippen LogP contribution in [0.3, 0.4) is 0 Å². The number of carbonyl (C=O) groups excluding carboxylic acids is 1. The summed E-state index contributed by atoms with van der Waals surface area (Å²) in [5, 5.41) is 5.98. The molecule has 0 aliphatic rings. The van der Waals surface area contributed by atoms with Crippen LogP contribution in [0.25, 0.3) is 0 Å². The fraction of sp³-hybridized carbons (Fsp3) is 0.308. The third-order valence-corrected chi connectivity index (χ3v) is 2.22. The first-order chi connectivity index (χ1) is 7.83. The topological polar surface area (TPSA) is 41.1 Å². The van der Waals surface area contributed by atoms with Crippen molar-refractivity contribution in [1.82, 2.24) is 10.6 Å². The van der Waals surface area contributed by atoms with Crippen molar-refractivity contribution in [2.24, 2.45) is 0 Å². The molecule has 0 atom stereocenters. The maximum atomic E-state index is 10.8. The minimum Gasteiger partial charge on any atom is -0.351 e. The number of carbonyl (C=O) groups is 1. The Hall–Kier alpha value is -1.61. The van der Waals surface area contributed by atoms with Crippen molar-refractivity contribution < 1.29 is 4.79 Å². The van der Waals surface area contributed by atoms with Crippen molar-refractivity contribution in [1.29, 1.82) is 0 Å². The summed E-state index contributed by atoms with van der Waals surface area (Å²) < 4.78 is 0. The summed E-state index contributed by atoms with van der Waals surface area (Å²) in [4.78, 5) is 10.8. The van der Waals surface area contributed by atoms with E-state index in [2.05, 4.69) is 29.3 Å². The van der Waals surface area contributed by atoms with E-state index in [1.54, 1.807) is 0 Å². The van der Waals surface area contributed by atoms with Gasteiger partial charge >= 0.3 is 0 Å². The standard InChI is InChI=1S/C13H18N2O/c1-2-13(16)15-11-10-14-9-8-12-6-4-3-5-7-12/h2-7,14H,1,8-11H2,(H,15,16). The van der Waals surface area contributed by atoms with E-state index >= 15 is 0 Å². The highest BCUT2D eigenvalue weighted by Gasteiger charge is 1.93. The van der Waals surface area contributed by atoms with Gasteiger partial charge < -0.3 is 10.6 Å². The van der Waals surface area contributed by atoms with Gasteiger partial charge in [0, 0.05) is 13.1 Å². The van der Waals surface area contributed by atoms with Crippen LogP contribution in [-0.4, -0.2) is 25.5 Å². The van der Waals surface area contributed by atoms with Crippen LogP contribution in [0.4, 0.5) is 0 Å². The SMILES string of the molecule is C=CC(=O)NCCNCCc1ccccc1. The van der Waals surface area contributed by atoms with Gasteiger partial charge in [0.15, 0.2) is 0 Å². The summed E-state index contributed by atoms with van der Waals surface area (Å²) in [6.07, 6.45) is 2.29. The van der Waals surface area contributed by atoms with Crippen LogP contribution in [0.15, 0.2) is 43.0 Å². The molecule has 0 saturated carbocycles. The van der Waals surface area contributed by atoms with Crippen molar-refractivity contribution in [2.45, 2.75) is 6.42 Å². The molecule has 0 radical (unpaired) electrons. The van der Waals surface area contributed by atoms with Crippen molar-refractivity contribution in [3.05, 3.63) is 48.6 Å². The highest BCUT2D eigenvalue weighted by Crippen LogP contribution is 1.97. The van der Waals surface area contributed by atoms with Gasteiger partial charge in [0.2, 0.25) is 5.91 Å². The second-order valence-electron chi connectivity index (χ2n) is 3.48. The van der Waals surface area contributed by atoms with Crippen molar-refractivity contribution in [3.63, 3.8) is 0 Å². The van der Waals surface area contributed by atoms with Crippen LogP contribution < -0.4 is 10.6 Å². The molecule has 16 heavy (non-hydrogen) atoms. The van der Waals surface area contributed by atoms with Crippen LogP contribution in [-0.2, 0) is 11.2 Å². The van der Waals surface area contributed by atoms with Gasteiger partial charge in [-0.3, -0.25) is 4.79 Å². The number of nitrogens with one attached hydrogen (secondary N) is 2. The molecule has 0 aliphatic carbocycles. The fourth-order valence-electron chi connectivity index (χ4n) is 1.35. The maximum absolute atomic E-state index is 10.8. The van der Waals surface area contributed by atoms with Crippen LogP contribution >= 0.6 is 0 Å². The van der Waals surface area contributed by atoms with Crippen LogP contribution in [0.5, 0.6) is 0 Å². The Morgan fingerprint density at radius 2 is 1.94 bits per heavy atom. The van der Waals surface area contributed by atoms with E-state index < -0.39 is 0 Å².